The van der Waals surface area contributed by atoms with Crippen LogP contribution in [-0.4, -0.2) is 6.16 Å². The fraction of sp³-hybridized carbons (Fsp3) is 1.00. The Morgan fingerprint density at radius 2 is 1.80 bits per heavy atom. The van der Waals surface area contributed by atoms with E-state index < -0.39 is 0 Å². The van der Waals surface area contributed by atoms with Crippen LogP contribution in [0.15, 0.2) is 0 Å². The summed E-state index contributed by atoms with van der Waals surface area (Å²) in [6, 6.07) is 0. The molecule has 0 unspecified atom stereocenters. The lowest BCUT2D eigenvalue weighted by molar-refractivity contribution is 1.53. The second-order valence-corrected chi connectivity index (χ2v) is 5.91. The molecule has 0 aromatic rings. The molecule has 32 valence electrons. The summed E-state index contributed by atoms with van der Waals surface area (Å²) in [5.74, 6) is 0. The van der Waals surface area contributed by atoms with E-state index in [1.54, 1.807) is 0 Å². The third-order valence-corrected chi connectivity index (χ3v) is 2.55. The van der Waals surface area contributed by atoms with Gasteiger partial charge < -0.3 is 0 Å². The summed E-state index contributed by atoms with van der Waals surface area (Å²) < 4.78 is 0. The van der Waals surface area contributed by atoms with Crippen LogP contribution in [0.3, 0.4) is 0 Å². The maximum absolute atomic E-state index is 4.03. The minimum absolute atomic E-state index is 0.209. The third-order valence-electron chi connectivity index (χ3n) is 0.283. The van der Waals surface area contributed by atoms with Gasteiger partial charge in [0.1, 0.15) is 0 Å². The number of rotatable bonds is 1. The lowest BCUT2D eigenvalue weighted by Crippen LogP contribution is -1.50. The molecule has 0 atom stereocenters. The maximum atomic E-state index is 4.03. The molecule has 0 saturated heterocycles. The summed E-state index contributed by atoms with van der Waals surface area (Å²) in [5, 5.41) is 0. The highest BCUT2D eigenvalue weighted by Crippen LogP contribution is 2.44. The molecular formula is C2H7PS2. The molecular weight excluding hydrogens is 119 g/mol. The summed E-state index contributed by atoms with van der Waals surface area (Å²) in [7, 11) is 0. The predicted molar refractivity (Wildman–Crippen MR) is 35.4 cm³/mol. The number of hydrogen-bond acceptors (Lipinski definition) is 2. The van der Waals surface area contributed by atoms with Gasteiger partial charge in [0.05, 0.1) is 0 Å². The topological polar surface area (TPSA) is 0 Å². The van der Waals surface area contributed by atoms with Crippen molar-refractivity contribution >= 4 is 30.8 Å². The first-order valence-corrected chi connectivity index (χ1v) is 5.26. The Hall–Kier alpha value is 1.13. The number of hydrogen-bond donors (Lipinski definition) is 2. The normalized spacial score (nSPS) is 9.60. The Morgan fingerprint density at radius 3 is 1.80 bits per heavy atom. The SMILES string of the molecule is CCP(S)S. The Morgan fingerprint density at radius 1 is 1.60 bits per heavy atom. The highest BCUT2D eigenvalue weighted by molar-refractivity contribution is 8.78. The van der Waals surface area contributed by atoms with Gasteiger partial charge in [-0.05, 0) is 6.16 Å². The van der Waals surface area contributed by atoms with Gasteiger partial charge in [0.2, 0.25) is 0 Å². The molecule has 0 aromatic heterocycles. The molecule has 0 rings (SSSR count). The number of thiol groups is 2. The molecule has 0 spiro atoms. The monoisotopic (exact) mass is 126 g/mol. The summed E-state index contributed by atoms with van der Waals surface area (Å²) in [5.41, 5.74) is 0. The van der Waals surface area contributed by atoms with Crippen molar-refractivity contribution in [3.8, 4) is 0 Å². The molecule has 0 amide bonds. The minimum Gasteiger partial charge on any atom is -0.140 e. The van der Waals surface area contributed by atoms with E-state index in [9.17, 15) is 0 Å². The minimum atomic E-state index is -0.209. The lowest BCUT2D eigenvalue weighted by atomic mass is 11.0. The van der Waals surface area contributed by atoms with Crippen LogP contribution in [0.25, 0.3) is 0 Å². The molecule has 0 aliphatic carbocycles. The van der Waals surface area contributed by atoms with E-state index in [0.717, 1.165) is 6.16 Å². The second kappa shape index (κ2) is 3.32. The summed E-state index contributed by atoms with van der Waals surface area (Å²) in [4.78, 5) is 0. The van der Waals surface area contributed by atoms with Crippen molar-refractivity contribution in [2.75, 3.05) is 6.16 Å². The van der Waals surface area contributed by atoms with E-state index in [1.165, 1.54) is 0 Å². The zero-order chi connectivity index (χ0) is 4.28. The van der Waals surface area contributed by atoms with E-state index in [2.05, 4.69) is 31.4 Å². The van der Waals surface area contributed by atoms with Gasteiger partial charge in [-0.2, -0.15) is 0 Å². The quantitative estimate of drug-likeness (QED) is 0.390. The molecule has 0 N–H and O–H groups in total. The van der Waals surface area contributed by atoms with Gasteiger partial charge in [0, 0.05) is 6.33 Å². The molecule has 0 aliphatic heterocycles. The van der Waals surface area contributed by atoms with Crippen LogP contribution in [0.5, 0.6) is 0 Å². The van der Waals surface area contributed by atoms with Crippen LogP contribution in [0, 0.1) is 0 Å². The Bertz CT molecular complexity index is 21.6. The van der Waals surface area contributed by atoms with Gasteiger partial charge in [-0.15, -0.1) is 24.5 Å². The Labute approximate surface area is 44.4 Å². The summed E-state index contributed by atoms with van der Waals surface area (Å²) in [6.45, 7) is 2.08. The van der Waals surface area contributed by atoms with Crippen molar-refractivity contribution in [1.82, 2.24) is 0 Å². The zero-order valence-electron chi connectivity index (χ0n) is 3.05. The van der Waals surface area contributed by atoms with Crippen LogP contribution in [-0.2, 0) is 0 Å². The Kier molecular flexibility index (Phi) is 4.08. The predicted octanol–water partition coefficient (Wildman–Crippen LogP) is 2.18. The average Bonchev–Trinajstić information content (AvgIpc) is 1.38. The summed E-state index contributed by atoms with van der Waals surface area (Å²) in [6.07, 6.45) is 0.889. The van der Waals surface area contributed by atoms with Gasteiger partial charge in [-0.25, -0.2) is 0 Å². The third kappa shape index (κ3) is 5.13. The Balaban J connectivity index is 2.54. The molecule has 5 heavy (non-hydrogen) atoms. The van der Waals surface area contributed by atoms with Gasteiger partial charge in [0.15, 0.2) is 0 Å². The molecule has 0 saturated carbocycles. The van der Waals surface area contributed by atoms with Gasteiger partial charge in [0.25, 0.3) is 0 Å². The first-order valence-electron chi connectivity index (χ1n) is 1.42. The van der Waals surface area contributed by atoms with Gasteiger partial charge in [-0.3, -0.25) is 0 Å². The lowest BCUT2D eigenvalue weighted by Gasteiger charge is -1.89. The molecule has 3 heteroatoms. The van der Waals surface area contributed by atoms with Crippen LogP contribution < -0.4 is 0 Å². The van der Waals surface area contributed by atoms with E-state index in [1.807, 2.05) is 0 Å². The standard InChI is InChI=1S/C2H7PS2/c1-2-3(4)5/h4-5H,2H2,1H3. The van der Waals surface area contributed by atoms with E-state index in [-0.39, 0.29) is 6.33 Å². The van der Waals surface area contributed by atoms with Crippen LogP contribution >= 0.6 is 30.8 Å². The molecule has 0 bridgehead atoms. The van der Waals surface area contributed by atoms with E-state index >= 15 is 0 Å². The van der Waals surface area contributed by atoms with Crippen molar-refractivity contribution < 1.29 is 0 Å². The molecule has 0 aliphatic rings. The first kappa shape index (κ1) is 6.13. The maximum Gasteiger partial charge on any atom is 0.00536 e. The van der Waals surface area contributed by atoms with Crippen molar-refractivity contribution in [3.63, 3.8) is 0 Å². The highest BCUT2D eigenvalue weighted by atomic mass is 33.1. The van der Waals surface area contributed by atoms with Crippen LogP contribution in [0.2, 0.25) is 0 Å². The van der Waals surface area contributed by atoms with Gasteiger partial charge >= 0.3 is 0 Å². The largest absolute Gasteiger partial charge is 0.140 e. The molecule has 0 heterocycles. The average molecular weight is 126 g/mol. The first-order chi connectivity index (χ1) is 2.27. The molecule has 0 radical (unpaired) electrons. The van der Waals surface area contributed by atoms with E-state index in [4.69, 9.17) is 0 Å². The fourth-order valence-corrected chi connectivity index (χ4v) is 0. The van der Waals surface area contributed by atoms with E-state index in [0.29, 0.717) is 0 Å². The molecule has 0 fully saturated rings. The summed E-state index contributed by atoms with van der Waals surface area (Å²) >= 11 is 8.05. The van der Waals surface area contributed by atoms with Crippen LogP contribution in [0.4, 0.5) is 0 Å². The highest BCUT2D eigenvalue weighted by Gasteiger charge is 1.81. The zero-order valence-corrected chi connectivity index (χ0v) is 5.73. The smallest absolute Gasteiger partial charge is 0.00536 e. The van der Waals surface area contributed by atoms with Crippen LogP contribution in [0.1, 0.15) is 6.92 Å². The molecule has 0 aromatic carbocycles. The molecule has 0 nitrogen and oxygen atoms in total. The van der Waals surface area contributed by atoms with Crippen molar-refractivity contribution in [1.29, 1.82) is 0 Å². The van der Waals surface area contributed by atoms with Crippen molar-refractivity contribution in [2.45, 2.75) is 6.92 Å². The van der Waals surface area contributed by atoms with Crippen molar-refractivity contribution in [2.24, 2.45) is 0 Å². The van der Waals surface area contributed by atoms with Crippen molar-refractivity contribution in [3.05, 3.63) is 0 Å². The van der Waals surface area contributed by atoms with Gasteiger partial charge in [-0.1, -0.05) is 6.92 Å². The second-order valence-electron chi connectivity index (χ2n) is 0.689. The fourth-order valence-electron chi connectivity index (χ4n) is 0.